The molecule has 0 bridgehead atoms. The number of hydrogen-bond donors (Lipinski definition) is 0. The van der Waals surface area contributed by atoms with E-state index in [-0.39, 0.29) is 11.6 Å². The van der Waals surface area contributed by atoms with Crippen LogP contribution in [0.25, 0.3) is 44.0 Å². The number of hydrogen-bond acceptors (Lipinski definition) is 1. The van der Waals surface area contributed by atoms with Crippen LogP contribution >= 0.6 is 0 Å². The molecule has 4 heteroatoms. The van der Waals surface area contributed by atoms with Gasteiger partial charge in [0.05, 0.1) is 10.9 Å². The van der Waals surface area contributed by atoms with E-state index in [4.69, 9.17) is 4.42 Å². The minimum absolute atomic E-state index is 0.357. The molecule has 5 aromatic rings. The van der Waals surface area contributed by atoms with Crippen molar-refractivity contribution in [1.82, 2.24) is 0 Å². The molecule has 0 aliphatic heterocycles. The van der Waals surface area contributed by atoms with E-state index >= 15 is 4.39 Å². The predicted molar refractivity (Wildman–Crippen MR) is 121 cm³/mol. The molecule has 156 valence electrons. The smallest absolute Gasteiger partial charge is 0.216 e. The zero-order valence-electron chi connectivity index (χ0n) is 18.3. The van der Waals surface area contributed by atoms with Gasteiger partial charge < -0.3 is 4.42 Å². The van der Waals surface area contributed by atoms with Crippen molar-refractivity contribution in [3.8, 4) is 11.3 Å². The van der Waals surface area contributed by atoms with Gasteiger partial charge in [0.15, 0.2) is 11.8 Å². The molecule has 0 aliphatic carbocycles. The van der Waals surface area contributed by atoms with Crippen LogP contribution < -0.4 is 4.57 Å². The van der Waals surface area contributed by atoms with Gasteiger partial charge in [-0.3, -0.25) is 0 Å². The Bertz CT molecular complexity index is 1510. The van der Waals surface area contributed by atoms with Crippen molar-refractivity contribution in [1.29, 1.82) is 0 Å². The largest absolute Gasteiger partial charge is 0.455 e. The summed E-state index contributed by atoms with van der Waals surface area (Å²) in [5.74, 6) is -0.330. The van der Waals surface area contributed by atoms with Crippen LogP contribution in [0.1, 0.15) is 36.5 Å². The van der Waals surface area contributed by atoms with Gasteiger partial charge in [-0.25, -0.2) is 13.3 Å². The molecule has 3 aromatic carbocycles. The lowest BCUT2D eigenvalue weighted by atomic mass is 9.95. The summed E-state index contributed by atoms with van der Waals surface area (Å²) in [6.07, 6.45) is 2.13. The van der Waals surface area contributed by atoms with Crippen molar-refractivity contribution < 1.29 is 17.8 Å². The number of aryl methyl sites for hydroxylation is 3. The second kappa shape index (κ2) is 6.88. The molecule has 0 radical (unpaired) electrons. The SMILES string of the molecule is Cc1cc(-c2c(C)cc(F)c3c2oc2cc(F)c4ccccc4c23)[n+](C)cc1C(C)C. The predicted octanol–water partition coefficient (Wildman–Crippen LogP) is 7.25. The second-order valence-electron chi connectivity index (χ2n) is 8.70. The summed E-state index contributed by atoms with van der Waals surface area (Å²) in [6.45, 7) is 8.32. The summed E-state index contributed by atoms with van der Waals surface area (Å²) in [5.41, 5.74) is 5.80. The molecule has 0 unspecified atom stereocenters. The maximum atomic E-state index is 15.3. The molecular formula is C27H24F2NO+. The summed E-state index contributed by atoms with van der Waals surface area (Å²) in [6, 6.07) is 12.2. The summed E-state index contributed by atoms with van der Waals surface area (Å²) in [5, 5.41) is 2.13. The molecule has 2 nitrogen and oxygen atoms in total. The van der Waals surface area contributed by atoms with E-state index < -0.39 is 0 Å². The van der Waals surface area contributed by atoms with E-state index in [1.54, 1.807) is 18.2 Å². The third kappa shape index (κ3) is 2.85. The zero-order valence-corrected chi connectivity index (χ0v) is 18.3. The number of fused-ring (bicyclic) bond motifs is 5. The number of benzene rings is 3. The molecule has 0 amide bonds. The maximum Gasteiger partial charge on any atom is 0.216 e. The first-order valence-electron chi connectivity index (χ1n) is 10.5. The topological polar surface area (TPSA) is 17.0 Å². The summed E-state index contributed by atoms with van der Waals surface area (Å²) >= 11 is 0. The van der Waals surface area contributed by atoms with Gasteiger partial charge in [-0.1, -0.05) is 38.1 Å². The van der Waals surface area contributed by atoms with Crippen LogP contribution in [0.3, 0.4) is 0 Å². The molecule has 0 N–H and O–H groups in total. The first kappa shape index (κ1) is 19.7. The number of nitrogens with zero attached hydrogens (tertiary/aromatic N) is 1. The van der Waals surface area contributed by atoms with Gasteiger partial charge in [0, 0.05) is 28.5 Å². The van der Waals surface area contributed by atoms with Gasteiger partial charge in [0.2, 0.25) is 5.69 Å². The Balaban J connectivity index is 1.95. The third-order valence-electron chi connectivity index (χ3n) is 6.25. The summed E-state index contributed by atoms with van der Waals surface area (Å²) < 4.78 is 38.3. The van der Waals surface area contributed by atoms with E-state index in [1.165, 1.54) is 17.2 Å². The van der Waals surface area contributed by atoms with Gasteiger partial charge in [0.25, 0.3) is 0 Å². The Morgan fingerprint density at radius 3 is 2.29 bits per heavy atom. The van der Waals surface area contributed by atoms with Crippen LogP contribution in [0.2, 0.25) is 0 Å². The standard InChI is InChI=1S/C27H24F2NO/c1-14(2)19-13-30(5)22(11-15(19)3)24-16(4)10-21(29)26-25-18-9-7-6-8-17(18)20(28)12-23(25)31-27(24)26/h6-14H,1-5H3/q+1. The van der Waals surface area contributed by atoms with Gasteiger partial charge in [-0.2, -0.15) is 0 Å². The molecule has 5 rings (SSSR count). The van der Waals surface area contributed by atoms with E-state index in [0.29, 0.717) is 38.6 Å². The highest BCUT2D eigenvalue weighted by Crippen LogP contribution is 2.42. The fourth-order valence-corrected chi connectivity index (χ4v) is 4.78. The highest BCUT2D eigenvalue weighted by molar-refractivity contribution is 6.21. The summed E-state index contributed by atoms with van der Waals surface area (Å²) in [4.78, 5) is 0. The van der Waals surface area contributed by atoms with Crippen molar-refractivity contribution in [3.63, 3.8) is 0 Å². The van der Waals surface area contributed by atoms with E-state index in [2.05, 4.69) is 37.6 Å². The molecular weight excluding hydrogens is 392 g/mol. The zero-order chi connectivity index (χ0) is 22.0. The quantitative estimate of drug-likeness (QED) is 0.277. The lowest BCUT2D eigenvalue weighted by Gasteiger charge is -2.12. The van der Waals surface area contributed by atoms with E-state index in [9.17, 15) is 4.39 Å². The first-order valence-corrected chi connectivity index (χ1v) is 10.5. The molecule has 0 saturated heterocycles. The van der Waals surface area contributed by atoms with Crippen LogP contribution in [0, 0.1) is 25.5 Å². The number of pyridine rings is 1. The first-order chi connectivity index (χ1) is 14.8. The van der Waals surface area contributed by atoms with E-state index in [0.717, 1.165) is 16.8 Å². The highest BCUT2D eigenvalue weighted by Gasteiger charge is 2.26. The normalized spacial score (nSPS) is 12.0. The average molecular weight is 416 g/mol. The van der Waals surface area contributed by atoms with Crippen molar-refractivity contribution in [2.45, 2.75) is 33.6 Å². The van der Waals surface area contributed by atoms with Crippen molar-refractivity contribution in [2.24, 2.45) is 7.05 Å². The molecule has 0 fully saturated rings. The molecule has 2 aromatic heterocycles. The van der Waals surface area contributed by atoms with Gasteiger partial charge in [0.1, 0.15) is 24.3 Å². The Hall–Kier alpha value is -3.27. The highest BCUT2D eigenvalue weighted by atomic mass is 19.1. The molecule has 0 saturated carbocycles. The van der Waals surface area contributed by atoms with Gasteiger partial charge in [-0.05, 0) is 42.3 Å². The average Bonchev–Trinajstić information content (AvgIpc) is 3.09. The Kier molecular flexibility index (Phi) is 4.37. The molecule has 0 atom stereocenters. The van der Waals surface area contributed by atoms with Crippen LogP contribution in [-0.2, 0) is 7.05 Å². The Labute approximate surface area is 179 Å². The van der Waals surface area contributed by atoms with Gasteiger partial charge in [-0.15, -0.1) is 0 Å². The van der Waals surface area contributed by atoms with Crippen LogP contribution in [0.5, 0.6) is 0 Å². The lowest BCUT2D eigenvalue weighted by Crippen LogP contribution is -2.32. The Morgan fingerprint density at radius 2 is 1.58 bits per heavy atom. The second-order valence-corrected chi connectivity index (χ2v) is 8.70. The third-order valence-corrected chi connectivity index (χ3v) is 6.25. The fraction of sp³-hybridized carbons (Fsp3) is 0.222. The number of halogens is 2. The van der Waals surface area contributed by atoms with Crippen molar-refractivity contribution >= 4 is 32.7 Å². The van der Waals surface area contributed by atoms with E-state index in [1.807, 2.05) is 26.1 Å². The minimum Gasteiger partial charge on any atom is -0.455 e. The van der Waals surface area contributed by atoms with Gasteiger partial charge >= 0.3 is 0 Å². The van der Waals surface area contributed by atoms with Crippen LogP contribution in [0.4, 0.5) is 8.78 Å². The van der Waals surface area contributed by atoms with Crippen LogP contribution in [0.15, 0.2) is 53.1 Å². The fourth-order valence-electron chi connectivity index (χ4n) is 4.78. The van der Waals surface area contributed by atoms with Crippen molar-refractivity contribution in [3.05, 3.63) is 77.0 Å². The van der Waals surface area contributed by atoms with Crippen LogP contribution in [-0.4, -0.2) is 0 Å². The summed E-state index contributed by atoms with van der Waals surface area (Å²) in [7, 11) is 1.99. The molecule has 0 spiro atoms. The lowest BCUT2D eigenvalue weighted by molar-refractivity contribution is -0.660. The molecule has 0 aliphatic rings. The maximum absolute atomic E-state index is 15.3. The molecule has 2 heterocycles. The monoisotopic (exact) mass is 416 g/mol. The molecule has 31 heavy (non-hydrogen) atoms. The Morgan fingerprint density at radius 1 is 0.871 bits per heavy atom. The number of furan rings is 1. The number of aromatic nitrogens is 1. The number of rotatable bonds is 2. The minimum atomic E-state index is -0.372. The van der Waals surface area contributed by atoms with Crippen molar-refractivity contribution in [2.75, 3.05) is 0 Å².